The Balaban J connectivity index is 1.88. The number of benzene rings is 2. The Morgan fingerprint density at radius 1 is 1.08 bits per heavy atom. The van der Waals surface area contributed by atoms with Crippen molar-refractivity contribution in [1.82, 2.24) is 5.32 Å². The molecule has 2 aromatic carbocycles. The predicted molar refractivity (Wildman–Crippen MR) is 85.7 cm³/mol. The van der Waals surface area contributed by atoms with Crippen molar-refractivity contribution in [3.8, 4) is 5.75 Å². The Morgan fingerprint density at radius 3 is 2.33 bits per heavy atom. The van der Waals surface area contributed by atoms with E-state index in [1.54, 1.807) is 6.07 Å². The van der Waals surface area contributed by atoms with Crippen LogP contribution in [-0.2, 0) is 6.18 Å². The van der Waals surface area contributed by atoms with Crippen molar-refractivity contribution in [3.63, 3.8) is 0 Å². The van der Waals surface area contributed by atoms with Gasteiger partial charge < -0.3 is 10.1 Å². The summed E-state index contributed by atoms with van der Waals surface area (Å²) in [5, 5.41) is 2.96. The van der Waals surface area contributed by atoms with E-state index in [9.17, 15) is 18.0 Å². The van der Waals surface area contributed by atoms with Crippen LogP contribution in [0.4, 0.5) is 13.2 Å². The topological polar surface area (TPSA) is 38.3 Å². The molecule has 3 nitrogen and oxygen atoms in total. The van der Waals surface area contributed by atoms with Gasteiger partial charge in [0.1, 0.15) is 12.4 Å². The van der Waals surface area contributed by atoms with E-state index >= 15 is 0 Å². The number of carbonyl (C=O) groups excluding carboxylic acids is 1. The maximum absolute atomic E-state index is 12.6. The van der Waals surface area contributed by atoms with Gasteiger partial charge >= 0.3 is 6.18 Å². The molecule has 0 aliphatic rings. The van der Waals surface area contributed by atoms with Crippen LogP contribution >= 0.6 is 23.2 Å². The van der Waals surface area contributed by atoms with Gasteiger partial charge in [-0.1, -0.05) is 35.3 Å². The highest BCUT2D eigenvalue weighted by molar-refractivity contribution is 6.39. The number of halogens is 5. The van der Waals surface area contributed by atoms with Crippen LogP contribution in [0, 0.1) is 0 Å². The van der Waals surface area contributed by atoms with E-state index in [1.165, 1.54) is 24.3 Å². The molecule has 0 atom stereocenters. The van der Waals surface area contributed by atoms with Gasteiger partial charge in [0, 0.05) is 0 Å². The largest absolute Gasteiger partial charge is 0.492 e. The molecule has 0 saturated heterocycles. The summed E-state index contributed by atoms with van der Waals surface area (Å²) >= 11 is 11.8. The summed E-state index contributed by atoms with van der Waals surface area (Å²) in [7, 11) is 0. The molecule has 2 aromatic rings. The lowest BCUT2D eigenvalue weighted by Gasteiger charge is -2.11. The number of alkyl halides is 3. The molecule has 2 rings (SSSR count). The Kier molecular flexibility index (Phi) is 5.96. The summed E-state index contributed by atoms with van der Waals surface area (Å²) in [5.41, 5.74) is -0.660. The van der Waals surface area contributed by atoms with Crippen molar-refractivity contribution < 1.29 is 22.7 Å². The Morgan fingerprint density at radius 2 is 1.71 bits per heavy atom. The molecule has 1 amide bonds. The molecule has 0 radical (unpaired) electrons. The lowest BCUT2D eigenvalue weighted by Crippen LogP contribution is -2.28. The number of ether oxygens (including phenoxy) is 1. The van der Waals surface area contributed by atoms with Gasteiger partial charge in [-0.05, 0) is 30.3 Å². The summed E-state index contributed by atoms with van der Waals surface area (Å²) in [6.07, 6.45) is -4.44. The predicted octanol–water partition coefficient (Wildman–Crippen LogP) is 4.82. The normalized spacial score (nSPS) is 11.2. The summed E-state index contributed by atoms with van der Waals surface area (Å²) in [4.78, 5) is 12.0. The van der Waals surface area contributed by atoms with Crippen LogP contribution in [0.3, 0.4) is 0 Å². The minimum Gasteiger partial charge on any atom is -0.492 e. The quantitative estimate of drug-likeness (QED) is 0.758. The van der Waals surface area contributed by atoms with Crippen LogP contribution in [0.15, 0.2) is 42.5 Å². The summed E-state index contributed by atoms with van der Waals surface area (Å²) < 4.78 is 43.0. The fourth-order valence-electron chi connectivity index (χ4n) is 1.90. The van der Waals surface area contributed by atoms with E-state index in [2.05, 4.69) is 5.32 Å². The van der Waals surface area contributed by atoms with Crippen molar-refractivity contribution in [2.45, 2.75) is 6.18 Å². The van der Waals surface area contributed by atoms with Gasteiger partial charge in [-0.2, -0.15) is 13.2 Å². The molecule has 24 heavy (non-hydrogen) atoms. The monoisotopic (exact) mass is 377 g/mol. The van der Waals surface area contributed by atoms with Gasteiger partial charge in [0.25, 0.3) is 5.91 Å². The smallest absolute Gasteiger partial charge is 0.416 e. The Hall–Kier alpha value is -1.92. The van der Waals surface area contributed by atoms with E-state index in [1.807, 2.05) is 0 Å². The van der Waals surface area contributed by atoms with Gasteiger partial charge in [-0.3, -0.25) is 4.79 Å². The molecular formula is C16H12Cl2F3NO2. The molecule has 0 heterocycles. The number of carbonyl (C=O) groups is 1. The summed E-state index contributed by atoms with van der Waals surface area (Å²) in [5.74, 6) is -0.423. The number of hydrogen-bond donors (Lipinski definition) is 1. The van der Waals surface area contributed by atoms with E-state index in [4.69, 9.17) is 27.9 Å². The number of nitrogens with one attached hydrogen (secondary N) is 1. The third-order valence-corrected chi connectivity index (χ3v) is 3.64. The van der Waals surface area contributed by atoms with Crippen LogP contribution in [0.2, 0.25) is 10.0 Å². The van der Waals surface area contributed by atoms with Crippen LogP contribution in [0.25, 0.3) is 0 Å². The number of hydrogen-bond acceptors (Lipinski definition) is 2. The van der Waals surface area contributed by atoms with Gasteiger partial charge in [0.05, 0.1) is 27.7 Å². The third kappa shape index (κ3) is 4.79. The fourth-order valence-corrected chi connectivity index (χ4v) is 2.47. The molecule has 0 aromatic heterocycles. The van der Waals surface area contributed by atoms with Crippen molar-refractivity contribution in [1.29, 1.82) is 0 Å². The average molecular weight is 378 g/mol. The minimum atomic E-state index is -4.44. The zero-order valence-electron chi connectivity index (χ0n) is 12.2. The summed E-state index contributed by atoms with van der Waals surface area (Å²) in [6, 6.07) is 9.17. The minimum absolute atomic E-state index is 0.00484. The first-order valence-electron chi connectivity index (χ1n) is 6.81. The number of amides is 1. The van der Waals surface area contributed by atoms with Crippen LogP contribution < -0.4 is 10.1 Å². The Labute approximate surface area is 146 Å². The third-order valence-electron chi connectivity index (χ3n) is 3.01. The lowest BCUT2D eigenvalue weighted by molar-refractivity contribution is -0.137. The molecule has 0 saturated carbocycles. The fraction of sp³-hybridized carbons (Fsp3) is 0.188. The average Bonchev–Trinajstić information content (AvgIpc) is 2.51. The van der Waals surface area contributed by atoms with E-state index in [0.29, 0.717) is 0 Å². The van der Waals surface area contributed by atoms with Gasteiger partial charge in [-0.25, -0.2) is 0 Å². The molecule has 0 aliphatic heterocycles. The number of rotatable bonds is 5. The maximum Gasteiger partial charge on any atom is 0.416 e. The van der Waals surface area contributed by atoms with E-state index in [0.717, 1.165) is 12.1 Å². The van der Waals surface area contributed by atoms with Crippen molar-refractivity contribution in [2.75, 3.05) is 13.2 Å². The van der Waals surface area contributed by atoms with Crippen LogP contribution in [-0.4, -0.2) is 19.1 Å². The lowest BCUT2D eigenvalue weighted by atomic mass is 10.2. The second-order valence-electron chi connectivity index (χ2n) is 4.73. The summed E-state index contributed by atoms with van der Waals surface area (Å²) in [6.45, 7) is 0.0752. The van der Waals surface area contributed by atoms with Crippen molar-refractivity contribution >= 4 is 29.1 Å². The van der Waals surface area contributed by atoms with E-state index in [-0.39, 0.29) is 34.5 Å². The zero-order valence-corrected chi connectivity index (χ0v) is 13.7. The molecule has 1 N–H and O–H groups in total. The van der Waals surface area contributed by atoms with Crippen LogP contribution in [0.5, 0.6) is 5.75 Å². The first kappa shape index (κ1) is 18.4. The standard InChI is InChI=1S/C16H12Cl2F3NO2/c17-12-5-2-6-13(18)14(12)15(23)22-7-8-24-11-4-1-3-10(9-11)16(19,20)21/h1-6,9H,7-8H2,(H,22,23). The Bertz CT molecular complexity index is 715. The molecule has 0 aliphatic carbocycles. The maximum atomic E-state index is 12.6. The SMILES string of the molecule is O=C(NCCOc1cccc(C(F)(F)F)c1)c1c(Cl)cccc1Cl. The molecule has 128 valence electrons. The van der Waals surface area contributed by atoms with Gasteiger partial charge in [0.2, 0.25) is 0 Å². The molecule has 0 bridgehead atoms. The molecular weight excluding hydrogens is 366 g/mol. The van der Waals surface area contributed by atoms with Gasteiger partial charge in [-0.15, -0.1) is 0 Å². The first-order valence-corrected chi connectivity index (χ1v) is 7.57. The first-order chi connectivity index (χ1) is 11.3. The highest BCUT2D eigenvalue weighted by Gasteiger charge is 2.30. The van der Waals surface area contributed by atoms with Gasteiger partial charge in [0.15, 0.2) is 0 Å². The molecule has 0 unspecified atom stereocenters. The molecule has 0 spiro atoms. The van der Waals surface area contributed by atoms with E-state index < -0.39 is 17.6 Å². The highest BCUT2D eigenvalue weighted by atomic mass is 35.5. The van der Waals surface area contributed by atoms with Crippen LogP contribution in [0.1, 0.15) is 15.9 Å². The zero-order chi connectivity index (χ0) is 17.7. The molecule has 8 heteroatoms. The molecule has 0 fully saturated rings. The highest BCUT2D eigenvalue weighted by Crippen LogP contribution is 2.31. The van der Waals surface area contributed by atoms with Crippen molar-refractivity contribution in [3.05, 3.63) is 63.6 Å². The second-order valence-corrected chi connectivity index (χ2v) is 5.54. The second kappa shape index (κ2) is 7.77. The van der Waals surface area contributed by atoms with Crippen molar-refractivity contribution in [2.24, 2.45) is 0 Å².